The number of thioether (sulfide) groups is 1. The number of benzene rings is 1. The van der Waals surface area contributed by atoms with Crippen molar-refractivity contribution < 1.29 is 9.53 Å². The summed E-state index contributed by atoms with van der Waals surface area (Å²) in [5.41, 5.74) is 2.03. The van der Waals surface area contributed by atoms with Crippen LogP contribution in [0.5, 0.6) is 5.75 Å². The van der Waals surface area contributed by atoms with E-state index < -0.39 is 0 Å². The fraction of sp³-hybridized carbons (Fsp3) is 0.474. The Bertz CT molecular complexity index is 714. The van der Waals surface area contributed by atoms with E-state index in [4.69, 9.17) is 4.74 Å². The molecular formula is C19H25N3O2S. The molecule has 1 N–H and O–H groups in total. The smallest absolute Gasteiger partial charge is 0.236 e. The fourth-order valence-corrected chi connectivity index (χ4v) is 3.57. The molecule has 2 unspecified atom stereocenters. The third-order valence-electron chi connectivity index (χ3n) is 4.80. The predicted molar refractivity (Wildman–Crippen MR) is 102 cm³/mol. The highest BCUT2D eigenvalue weighted by atomic mass is 32.2. The number of likely N-dealkylation sites (tertiary alicyclic amines) is 1. The number of hydrogen-bond donors (Lipinski definition) is 1. The number of aromatic amines is 1. The number of imidazole rings is 1. The zero-order valence-electron chi connectivity index (χ0n) is 15.0. The van der Waals surface area contributed by atoms with Crippen molar-refractivity contribution in [3.63, 3.8) is 0 Å². The van der Waals surface area contributed by atoms with E-state index in [-0.39, 0.29) is 17.2 Å². The fourth-order valence-electron chi connectivity index (χ4n) is 3.24. The highest BCUT2D eigenvalue weighted by Gasteiger charge is 2.32. The van der Waals surface area contributed by atoms with Gasteiger partial charge in [-0.3, -0.25) is 4.79 Å². The van der Waals surface area contributed by atoms with Crippen molar-refractivity contribution in [3.8, 4) is 17.0 Å². The Balaban J connectivity index is 1.82. The van der Waals surface area contributed by atoms with Crippen LogP contribution in [-0.4, -0.2) is 45.9 Å². The maximum absolute atomic E-state index is 12.7. The summed E-state index contributed by atoms with van der Waals surface area (Å²) in [4.78, 5) is 22.7. The van der Waals surface area contributed by atoms with Crippen molar-refractivity contribution in [3.05, 3.63) is 36.3 Å². The van der Waals surface area contributed by atoms with E-state index in [1.807, 2.05) is 48.5 Å². The highest BCUT2D eigenvalue weighted by molar-refractivity contribution is 7.99. The second kappa shape index (κ2) is 7.95. The molecule has 2 atom stereocenters. The Morgan fingerprint density at radius 2 is 2.12 bits per heavy atom. The maximum atomic E-state index is 12.7. The number of carbonyl (C=O) groups excluding carboxylic acids is 1. The topological polar surface area (TPSA) is 58.2 Å². The summed E-state index contributed by atoms with van der Waals surface area (Å²) in [5.74, 6) is 1.92. The monoisotopic (exact) mass is 359 g/mol. The maximum Gasteiger partial charge on any atom is 0.236 e. The molecule has 3 rings (SSSR count). The Hall–Kier alpha value is -1.95. The van der Waals surface area contributed by atoms with Crippen molar-refractivity contribution in [1.29, 1.82) is 0 Å². The zero-order valence-corrected chi connectivity index (χ0v) is 15.8. The van der Waals surface area contributed by atoms with Crippen LogP contribution in [0.15, 0.2) is 30.5 Å². The van der Waals surface area contributed by atoms with Crippen LogP contribution in [0, 0.1) is 0 Å². The molecule has 1 fully saturated rings. The number of aromatic nitrogens is 2. The highest BCUT2D eigenvalue weighted by Crippen LogP contribution is 2.32. The molecule has 2 aromatic rings. The minimum atomic E-state index is -0.0170. The van der Waals surface area contributed by atoms with Crippen LogP contribution in [-0.2, 0) is 4.79 Å². The van der Waals surface area contributed by atoms with Crippen LogP contribution >= 0.6 is 11.8 Å². The third-order valence-corrected chi connectivity index (χ3v) is 5.71. The summed E-state index contributed by atoms with van der Waals surface area (Å²) in [6, 6.07) is 7.94. The Morgan fingerprint density at radius 1 is 1.36 bits per heavy atom. The van der Waals surface area contributed by atoms with Crippen LogP contribution < -0.4 is 4.74 Å². The van der Waals surface area contributed by atoms with Gasteiger partial charge >= 0.3 is 0 Å². The third kappa shape index (κ3) is 3.84. The molecule has 0 spiro atoms. The van der Waals surface area contributed by atoms with Gasteiger partial charge in [0.05, 0.1) is 30.3 Å². The number of nitrogens with zero attached hydrogens (tertiary/aromatic N) is 2. The number of amides is 1. The lowest BCUT2D eigenvalue weighted by Gasteiger charge is -2.36. The predicted octanol–water partition coefficient (Wildman–Crippen LogP) is 3.89. The second-order valence-corrected chi connectivity index (χ2v) is 7.51. The average molecular weight is 359 g/mol. The van der Waals surface area contributed by atoms with Gasteiger partial charge in [-0.25, -0.2) is 4.98 Å². The summed E-state index contributed by atoms with van der Waals surface area (Å²) in [6.07, 6.45) is 6.99. The van der Waals surface area contributed by atoms with Gasteiger partial charge in [0, 0.05) is 6.54 Å². The SMILES string of the molecule is COc1ccc(-c2cnc(C3CCCCN3C(=O)C(C)SC)[nH]2)cc1. The van der Waals surface area contributed by atoms with Crippen molar-refractivity contribution in [2.24, 2.45) is 0 Å². The second-order valence-electron chi connectivity index (χ2n) is 6.33. The number of H-pyrrole nitrogens is 1. The van der Waals surface area contributed by atoms with Gasteiger partial charge in [-0.1, -0.05) is 0 Å². The first-order valence-electron chi connectivity index (χ1n) is 8.66. The van der Waals surface area contributed by atoms with Crippen molar-refractivity contribution in [2.45, 2.75) is 37.5 Å². The van der Waals surface area contributed by atoms with E-state index in [1.54, 1.807) is 18.9 Å². The Morgan fingerprint density at radius 3 is 2.80 bits per heavy atom. The molecule has 5 nitrogen and oxygen atoms in total. The molecule has 0 saturated carbocycles. The lowest BCUT2D eigenvalue weighted by Crippen LogP contribution is -2.42. The van der Waals surface area contributed by atoms with Crippen molar-refractivity contribution >= 4 is 17.7 Å². The first-order chi connectivity index (χ1) is 12.1. The van der Waals surface area contributed by atoms with Crippen LogP contribution in [0.4, 0.5) is 0 Å². The van der Waals surface area contributed by atoms with Crippen LogP contribution in [0.2, 0.25) is 0 Å². The molecule has 1 saturated heterocycles. The van der Waals surface area contributed by atoms with Crippen LogP contribution in [0.25, 0.3) is 11.3 Å². The molecule has 0 bridgehead atoms. The molecule has 0 aliphatic carbocycles. The number of hydrogen-bond acceptors (Lipinski definition) is 4. The zero-order chi connectivity index (χ0) is 17.8. The van der Waals surface area contributed by atoms with E-state index >= 15 is 0 Å². The molecule has 1 amide bonds. The summed E-state index contributed by atoms with van der Waals surface area (Å²) < 4.78 is 5.21. The molecule has 1 aliphatic heterocycles. The largest absolute Gasteiger partial charge is 0.497 e. The minimum Gasteiger partial charge on any atom is -0.497 e. The average Bonchev–Trinajstić information content (AvgIpc) is 3.17. The lowest BCUT2D eigenvalue weighted by atomic mass is 10.0. The lowest BCUT2D eigenvalue weighted by molar-refractivity contribution is -0.134. The standard InChI is InChI=1S/C19H25N3O2S/c1-13(25-3)19(23)22-11-5-4-6-17(22)18-20-12-16(21-18)14-7-9-15(24-2)10-8-14/h7-10,12-13,17H,4-6,11H2,1-3H3,(H,20,21). The molecule has 0 radical (unpaired) electrons. The molecule has 25 heavy (non-hydrogen) atoms. The molecule has 1 aromatic carbocycles. The van der Waals surface area contributed by atoms with E-state index in [9.17, 15) is 4.79 Å². The van der Waals surface area contributed by atoms with Crippen molar-refractivity contribution in [2.75, 3.05) is 19.9 Å². The van der Waals surface area contributed by atoms with Gasteiger partial charge in [-0.05, 0) is 62.3 Å². The normalized spacial score (nSPS) is 18.8. The molecule has 1 aliphatic rings. The van der Waals surface area contributed by atoms with Gasteiger partial charge in [0.15, 0.2) is 0 Å². The van der Waals surface area contributed by atoms with E-state index in [1.165, 1.54) is 0 Å². The summed E-state index contributed by atoms with van der Waals surface area (Å²) in [7, 11) is 1.66. The summed E-state index contributed by atoms with van der Waals surface area (Å²) in [5, 5.41) is -0.0170. The number of methoxy groups -OCH3 is 1. The van der Waals surface area contributed by atoms with Gasteiger partial charge in [0.25, 0.3) is 0 Å². The van der Waals surface area contributed by atoms with Gasteiger partial charge in [-0.15, -0.1) is 0 Å². The first kappa shape index (κ1) is 17.9. The number of ether oxygens (including phenoxy) is 1. The van der Waals surface area contributed by atoms with Crippen LogP contribution in [0.3, 0.4) is 0 Å². The Labute approximate surface area is 153 Å². The van der Waals surface area contributed by atoms with Gasteiger partial charge in [0.1, 0.15) is 11.6 Å². The number of rotatable bonds is 5. The van der Waals surface area contributed by atoms with Crippen molar-refractivity contribution in [1.82, 2.24) is 14.9 Å². The van der Waals surface area contributed by atoms with E-state index in [0.29, 0.717) is 0 Å². The van der Waals surface area contributed by atoms with E-state index in [0.717, 1.165) is 48.6 Å². The molecule has 1 aromatic heterocycles. The summed E-state index contributed by atoms with van der Waals surface area (Å²) >= 11 is 1.60. The minimum absolute atomic E-state index is 0.0170. The van der Waals surface area contributed by atoms with Gasteiger partial charge in [0.2, 0.25) is 5.91 Å². The molecule has 2 heterocycles. The number of piperidine rings is 1. The van der Waals surface area contributed by atoms with Gasteiger partial charge in [-0.2, -0.15) is 11.8 Å². The Kier molecular flexibility index (Phi) is 5.68. The molecular weight excluding hydrogens is 334 g/mol. The summed E-state index contributed by atoms with van der Waals surface area (Å²) in [6.45, 7) is 2.79. The molecule has 134 valence electrons. The molecule has 6 heteroatoms. The quantitative estimate of drug-likeness (QED) is 0.880. The first-order valence-corrected chi connectivity index (χ1v) is 9.95. The number of nitrogens with one attached hydrogen (secondary N) is 1. The van der Waals surface area contributed by atoms with E-state index in [2.05, 4.69) is 9.97 Å². The van der Waals surface area contributed by atoms with Crippen LogP contribution in [0.1, 0.15) is 38.1 Å². The number of carbonyl (C=O) groups is 1. The van der Waals surface area contributed by atoms with Gasteiger partial charge < -0.3 is 14.6 Å².